The highest BCUT2D eigenvalue weighted by Gasteiger charge is 2.04. The van der Waals surface area contributed by atoms with Crippen molar-refractivity contribution in [3.8, 4) is 0 Å². The topological polar surface area (TPSA) is 38.9 Å². The van der Waals surface area contributed by atoms with Gasteiger partial charge in [-0.2, -0.15) is 0 Å². The van der Waals surface area contributed by atoms with E-state index >= 15 is 0 Å². The van der Waals surface area contributed by atoms with Crippen molar-refractivity contribution in [3.63, 3.8) is 0 Å². The fourth-order valence-corrected chi connectivity index (χ4v) is 2.92. The van der Waals surface area contributed by atoms with Crippen molar-refractivity contribution in [2.75, 3.05) is 6.54 Å². The third kappa shape index (κ3) is 3.56. The largest absolute Gasteiger partial charge is 0.330 e. The molecule has 0 spiro atoms. The first-order valence-electron chi connectivity index (χ1n) is 5.37. The zero-order valence-corrected chi connectivity index (χ0v) is 11.7. The minimum atomic E-state index is 0.680. The minimum Gasteiger partial charge on any atom is -0.330 e. The molecule has 88 valence electrons. The molecule has 4 heteroatoms. The normalized spacial score (nSPS) is 10.5. The molecule has 0 amide bonds. The summed E-state index contributed by atoms with van der Waals surface area (Å²) < 4.78 is 1.10. The third-order valence-electron chi connectivity index (χ3n) is 2.28. The van der Waals surface area contributed by atoms with Crippen LogP contribution in [0.4, 0.5) is 0 Å². The summed E-state index contributed by atoms with van der Waals surface area (Å²) in [4.78, 5) is 5.47. The zero-order valence-electron chi connectivity index (χ0n) is 9.27. The van der Waals surface area contributed by atoms with E-state index in [1.54, 1.807) is 18.0 Å². The van der Waals surface area contributed by atoms with Crippen molar-refractivity contribution in [3.05, 3.63) is 52.6 Å². The van der Waals surface area contributed by atoms with Gasteiger partial charge < -0.3 is 5.73 Å². The molecule has 0 unspecified atom stereocenters. The van der Waals surface area contributed by atoms with Crippen molar-refractivity contribution in [2.24, 2.45) is 5.73 Å². The van der Waals surface area contributed by atoms with Gasteiger partial charge in [0.15, 0.2) is 0 Å². The first-order chi connectivity index (χ1) is 8.29. The highest BCUT2D eigenvalue weighted by molar-refractivity contribution is 9.10. The van der Waals surface area contributed by atoms with Crippen LogP contribution in [0.25, 0.3) is 0 Å². The van der Waals surface area contributed by atoms with E-state index in [9.17, 15) is 0 Å². The van der Waals surface area contributed by atoms with Gasteiger partial charge in [-0.15, -0.1) is 0 Å². The number of pyridine rings is 1. The molecule has 0 atom stereocenters. The quantitative estimate of drug-likeness (QED) is 0.939. The van der Waals surface area contributed by atoms with Crippen molar-refractivity contribution in [2.45, 2.75) is 16.3 Å². The number of halogens is 1. The van der Waals surface area contributed by atoms with Crippen molar-refractivity contribution >= 4 is 27.7 Å². The second kappa shape index (κ2) is 6.19. The van der Waals surface area contributed by atoms with Crippen molar-refractivity contribution in [1.82, 2.24) is 4.98 Å². The van der Waals surface area contributed by atoms with Gasteiger partial charge in [0.05, 0.1) is 0 Å². The van der Waals surface area contributed by atoms with E-state index in [1.165, 1.54) is 10.5 Å². The second-order valence-corrected chi connectivity index (χ2v) is 5.49. The second-order valence-electron chi connectivity index (χ2n) is 3.57. The molecular formula is C13H13BrN2S. The Labute approximate surface area is 114 Å². The van der Waals surface area contributed by atoms with Crippen LogP contribution >= 0.6 is 27.7 Å². The van der Waals surface area contributed by atoms with E-state index < -0.39 is 0 Å². The van der Waals surface area contributed by atoms with E-state index in [2.05, 4.69) is 39.1 Å². The number of aromatic nitrogens is 1. The average molecular weight is 309 g/mol. The molecule has 0 saturated heterocycles. The molecule has 0 bridgehead atoms. The maximum atomic E-state index is 5.54. The Balaban J connectivity index is 2.17. The number of hydrogen-bond acceptors (Lipinski definition) is 3. The monoisotopic (exact) mass is 308 g/mol. The lowest BCUT2D eigenvalue weighted by atomic mass is 10.2. The van der Waals surface area contributed by atoms with Gasteiger partial charge in [0.25, 0.3) is 0 Å². The molecular weight excluding hydrogens is 296 g/mol. The van der Waals surface area contributed by atoms with Crippen molar-refractivity contribution in [1.29, 1.82) is 0 Å². The van der Waals surface area contributed by atoms with Crippen LogP contribution in [-0.4, -0.2) is 11.5 Å². The Morgan fingerprint density at radius 1 is 1.24 bits per heavy atom. The Morgan fingerprint density at radius 2 is 2.12 bits per heavy atom. The van der Waals surface area contributed by atoms with Gasteiger partial charge in [0.2, 0.25) is 0 Å². The molecule has 2 rings (SSSR count). The van der Waals surface area contributed by atoms with Crippen LogP contribution < -0.4 is 5.73 Å². The molecule has 0 aliphatic carbocycles. The fourth-order valence-electron chi connectivity index (χ4n) is 1.47. The molecule has 1 aromatic carbocycles. The van der Waals surface area contributed by atoms with Crippen LogP contribution in [0.5, 0.6) is 0 Å². The summed E-state index contributed by atoms with van der Waals surface area (Å²) in [5.74, 6) is 0. The summed E-state index contributed by atoms with van der Waals surface area (Å²) >= 11 is 5.24. The predicted octanol–water partition coefficient (Wildman–Crippen LogP) is 3.50. The van der Waals surface area contributed by atoms with Crippen LogP contribution in [0.2, 0.25) is 0 Å². The molecule has 1 heterocycles. The molecule has 0 saturated carbocycles. The lowest BCUT2D eigenvalue weighted by molar-refractivity contribution is 0.964. The summed E-state index contributed by atoms with van der Waals surface area (Å²) in [6, 6.07) is 12.3. The van der Waals surface area contributed by atoms with Gasteiger partial charge in [-0.25, -0.2) is 4.98 Å². The molecule has 0 radical (unpaired) electrons. The van der Waals surface area contributed by atoms with Gasteiger partial charge in [-0.05, 0) is 58.7 Å². The molecule has 0 aliphatic rings. The molecule has 2 aromatic rings. The number of nitrogens with zero attached hydrogens (tertiary/aromatic N) is 1. The number of benzene rings is 1. The number of nitrogens with two attached hydrogens (primary N) is 1. The maximum absolute atomic E-state index is 5.54. The van der Waals surface area contributed by atoms with E-state index in [0.717, 1.165) is 15.9 Å². The summed E-state index contributed by atoms with van der Waals surface area (Å²) in [6.07, 6.45) is 2.71. The van der Waals surface area contributed by atoms with Crippen LogP contribution in [0.15, 0.2) is 57.0 Å². The Hall–Kier alpha value is -0.840. The van der Waals surface area contributed by atoms with Gasteiger partial charge in [0.1, 0.15) is 5.03 Å². The molecule has 2 nitrogen and oxygen atoms in total. The number of hydrogen-bond donors (Lipinski definition) is 1. The molecule has 2 N–H and O–H groups in total. The first kappa shape index (κ1) is 12.6. The minimum absolute atomic E-state index is 0.680. The van der Waals surface area contributed by atoms with Crippen LogP contribution in [0, 0.1) is 0 Å². The van der Waals surface area contributed by atoms with E-state index in [0.29, 0.717) is 6.54 Å². The van der Waals surface area contributed by atoms with E-state index in [4.69, 9.17) is 5.73 Å². The third-order valence-corrected chi connectivity index (χ3v) is 4.23. The predicted molar refractivity (Wildman–Crippen MR) is 75.3 cm³/mol. The standard InChI is InChI=1S/C13H13BrN2S/c14-11-9-10(6-7-15)4-5-12(11)17-13-3-1-2-8-16-13/h1-5,8-9H,6-7,15H2. The smallest absolute Gasteiger partial charge is 0.101 e. The Morgan fingerprint density at radius 3 is 2.76 bits per heavy atom. The lowest BCUT2D eigenvalue weighted by Crippen LogP contribution is -2.02. The Kier molecular flexibility index (Phi) is 4.59. The number of rotatable bonds is 4. The van der Waals surface area contributed by atoms with Gasteiger partial charge in [-0.1, -0.05) is 23.9 Å². The highest BCUT2D eigenvalue weighted by Crippen LogP contribution is 2.32. The van der Waals surface area contributed by atoms with E-state index in [1.807, 2.05) is 18.2 Å². The Bertz CT molecular complexity index is 488. The summed E-state index contributed by atoms with van der Waals surface area (Å²) in [7, 11) is 0. The van der Waals surface area contributed by atoms with E-state index in [-0.39, 0.29) is 0 Å². The van der Waals surface area contributed by atoms with Crippen LogP contribution in [-0.2, 0) is 6.42 Å². The highest BCUT2D eigenvalue weighted by atomic mass is 79.9. The van der Waals surface area contributed by atoms with Crippen LogP contribution in [0.1, 0.15) is 5.56 Å². The lowest BCUT2D eigenvalue weighted by Gasteiger charge is -2.06. The zero-order chi connectivity index (χ0) is 12.1. The van der Waals surface area contributed by atoms with Gasteiger partial charge >= 0.3 is 0 Å². The van der Waals surface area contributed by atoms with Crippen LogP contribution in [0.3, 0.4) is 0 Å². The maximum Gasteiger partial charge on any atom is 0.101 e. The van der Waals surface area contributed by atoms with Gasteiger partial charge in [0, 0.05) is 15.6 Å². The SMILES string of the molecule is NCCc1ccc(Sc2ccccn2)c(Br)c1. The first-order valence-corrected chi connectivity index (χ1v) is 6.98. The molecule has 1 aromatic heterocycles. The average Bonchev–Trinajstić information content (AvgIpc) is 2.34. The van der Waals surface area contributed by atoms with Gasteiger partial charge in [-0.3, -0.25) is 0 Å². The summed E-state index contributed by atoms with van der Waals surface area (Å²) in [6.45, 7) is 0.680. The molecule has 0 aliphatic heterocycles. The molecule has 0 fully saturated rings. The summed E-state index contributed by atoms with van der Waals surface area (Å²) in [5.41, 5.74) is 6.80. The van der Waals surface area contributed by atoms with Crippen molar-refractivity contribution < 1.29 is 0 Å². The molecule has 17 heavy (non-hydrogen) atoms. The fraction of sp³-hybridized carbons (Fsp3) is 0.154. The summed E-state index contributed by atoms with van der Waals surface area (Å²) in [5, 5.41) is 1.000.